The fraction of sp³-hybridized carbons (Fsp3) is 0.286. The van der Waals surface area contributed by atoms with E-state index in [4.69, 9.17) is 9.47 Å². The molecule has 0 unspecified atom stereocenters. The molecule has 0 aliphatic rings. The molecule has 1 amide bonds. The summed E-state index contributed by atoms with van der Waals surface area (Å²) in [5, 5.41) is 2.72. The van der Waals surface area contributed by atoms with Gasteiger partial charge in [-0.05, 0) is 36.6 Å². The van der Waals surface area contributed by atoms with Crippen LogP contribution in [0.4, 0.5) is 4.39 Å². The topological polar surface area (TPSA) is 81.7 Å². The Balaban J connectivity index is 1.84. The molecule has 0 heterocycles. The average Bonchev–Trinajstić information content (AvgIpc) is 2.69. The van der Waals surface area contributed by atoms with Crippen LogP contribution in [0.1, 0.15) is 39.6 Å². The highest BCUT2D eigenvalue weighted by atomic mass is 19.1. The van der Waals surface area contributed by atoms with Gasteiger partial charge in [-0.1, -0.05) is 24.3 Å². The summed E-state index contributed by atoms with van der Waals surface area (Å²) in [6.07, 6.45) is 1.57. The second-order valence-corrected chi connectivity index (χ2v) is 6.13. The predicted octanol–water partition coefficient (Wildman–Crippen LogP) is 2.94. The molecule has 1 N–H and O–H groups in total. The molecular weight excluding hydrogens is 365 g/mol. The third-order valence-electron chi connectivity index (χ3n) is 4.01. The van der Waals surface area contributed by atoms with E-state index in [0.29, 0.717) is 12.1 Å². The third kappa shape index (κ3) is 6.19. The van der Waals surface area contributed by atoms with E-state index in [1.165, 1.54) is 26.2 Å². The van der Waals surface area contributed by atoms with Gasteiger partial charge in [0.15, 0.2) is 24.0 Å². The molecule has 28 heavy (non-hydrogen) atoms. The van der Waals surface area contributed by atoms with Gasteiger partial charge < -0.3 is 14.8 Å². The number of rotatable bonds is 9. The van der Waals surface area contributed by atoms with Crippen molar-refractivity contribution in [3.8, 4) is 5.75 Å². The number of ketones is 1. The molecule has 0 atom stereocenters. The van der Waals surface area contributed by atoms with Crippen LogP contribution in [-0.2, 0) is 16.0 Å². The quantitative estimate of drug-likeness (QED) is 0.406. The first-order chi connectivity index (χ1) is 13.4. The lowest BCUT2D eigenvalue weighted by atomic mass is 10.1. The number of methoxy groups -OCH3 is 1. The Labute approximate surface area is 162 Å². The number of hydrogen-bond acceptors (Lipinski definition) is 5. The molecule has 0 saturated carbocycles. The number of hydrogen-bond donors (Lipinski definition) is 1. The number of esters is 1. The van der Waals surface area contributed by atoms with Crippen molar-refractivity contribution in [2.24, 2.45) is 0 Å². The van der Waals surface area contributed by atoms with Crippen LogP contribution in [0.2, 0.25) is 0 Å². The van der Waals surface area contributed by atoms with E-state index in [-0.39, 0.29) is 23.0 Å². The number of halogens is 1. The number of ether oxygens (including phenoxy) is 2. The van der Waals surface area contributed by atoms with Crippen molar-refractivity contribution in [3.05, 3.63) is 65.0 Å². The Hall–Kier alpha value is -3.22. The Kier molecular flexibility index (Phi) is 7.68. The van der Waals surface area contributed by atoms with Gasteiger partial charge in [0.25, 0.3) is 0 Å². The molecule has 7 heteroatoms. The summed E-state index contributed by atoms with van der Waals surface area (Å²) in [6, 6.07) is 10.7. The van der Waals surface area contributed by atoms with Crippen LogP contribution in [0.25, 0.3) is 0 Å². The maximum absolute atomic E-state index is 13.6. The number of carbonyl (C=O) groups excluding carboxylic acids is 3. The van der Waals surface area contributed by atoms with Gasteiger partial charge in [-0.3, -0.25) is 9.59 Å². The first-order valence-electron chi connectivity index (χ1n) is 8.78. The molecule has 6 nitrogen and oxygen atoms in total. The summed E-state index contributed by atoms with van der Waals surface area (Å²) in [6.45, 7) is 1.63. The number of carbonyl (C=O) groups is 3. The second-order valence-electron chi connectivity index (χ2n) is 6.13. The predicted molar refractivity (Wildman–Crippen MR) is 101 cm³/mol. The molecule has 2 aromatic carbocycles. The van der Waals surface area contributed by atoms with Crippen LogP contribution in [-0.4, -0.2) is 37.9 Å². The van der Waals surface area contributed by atoms with Gasteiger partial charge in [0, 0.05) is 19.0 Å². The first kappa shape index (κ1) is 21.1. The van der Waals surface area contributed by atoms with Crippen LogP contribution in [0.3, 0.4) is 0 Å². The number of amides is 1. The molecule has 2 rings (SSSR count). The molecule has 0 aromatic heterocycles. The van der Waals surface area contributed by atoms with Gasteiger partial charge in [0.05, 0.1) is 12.7 Å². The SMILES string of the molecule is COc1ccc(C(=O)OCC(=O)c2ccc(CCCNC(C)=O)cc2)cc1F. The van der Waals surface area contributed by atoms with E-state index in [1.54, 1.807) is 12.1 Å². The van der Waals surface area contributed by atoms with Crippen LogP contribution >= 0.6 is 0 Å². The van der Waals surface area contributed by atoms with Crippen molar-refractivity contribution in [2.45, 2.75) is 19.8 Å². The zero-order chi connectivity index (χ0) is 20.5. The van der Waals surface area contributed by atoms with Gasteiger partial charge in [-0.25, -0.2) is 9.18 Å². The molecule has 0 spiro atoms. The number of Topliss-reactive ketones (excluding diaryl/α,β-unsaturated/α-hetero) is 1. The largest absolute Gasteiger partial charge is 0.494 e. The minimum atomic E-state index is -0.788. The van der Waals surface area contributed by atoms with E-state index in [0.717, 1.165) is 24.5 Å². The highest BCUT2D eigenvalue weighted by Crippen LogP contribution is 2.18. The zero-order valence-corrected chi connectivity index (χ0v) is 15.8. The van der Waals surface area contributed by atoms with Gasteiger partial charge in [-0.2, -0.15) is 0 Å². The average molecular weight is 387 g/mol. The lowest BCUT2D eigenvalue weighted by Crippen LogP contribution is -2.21. The first-order valence-corrected chi connectivity index (χ1v) is 8.78. The number of benzene rings is 2. The minimum Gasteiger partial charge on any atom is -0.494 e. The Morgan fingerprint density at radius 2 is 1.71 bits per heavy atom. The fourth-order valence-corrected chi connectivity index (χ4v) is 2.51. The minimum absolute atomic E-state index is 0.000572. The highest BCUT2D eigenvalue weighted by Gasteiger charge is 2.14. The van der Waals surface area contributed by atoms with Crippen molar-refractivity contribution in [3.63, 3.8) is 0 Å². The van der Waals surface area contributed by atoms with Crippen molar-refractivity contribution < 1.29 is 28.2 Å². The summed E-state index contributed by atoms with van der Waals surface area (Å²) in [4.78, 5) is 35.0. The maximum atomic E-state index is 13.6. The van der Waals surface area contributed by atoms with E-state index >= 15 is 0 Å². The van der Waals surface area contributed by atoms with Gasteiger partial charge >= 0.3 is 5.97 Å². The lowest BCUT2D eigenvalue weighted by Gasteiger charge is -2.07. The van der Waals surface area contributed by atoms with Gasteiger partial charge in [0.2, 0.25) is 5.91 Å². The molecule has 0 aliphatic carbocycles. The normalized spacial score (nSPS) is 10.2. The Bertz CT molecular complexity index is 848. The van der Waals surface area contributed by atoms with E-state index in [1.807, 2.05) is 12.1 Å². The highest BCUT2D eigenvalue weighted by molar-refractivity contribution is 5.99. The van der Waals surface area contributed by atoms with Crippen molar-refractivity contribution in [1.29, 1.82) is 0 Å². The summed E-state index contributed by atoms with van der Waals surface area (Å²) in [7, 11) is 1.32. The second kappa shape index (κ2) is 10.2. The van der Waals surface area contributed by atoms with Gasteiger partial charge in [-0.15, -0.1) is 0 Å². The number of aryl methyl sites for hydroxylation is 1. The Morgan fingerprint density at radius 1 is 1.04 bits per heavy atom. The third-order valence-corrected chi connectivity index (χ3v) is 4.01. The monoisotopic (exact) mass is 387 g/mol. The van der Waals surface area contributed by atoms with E-state index < -0.39 is 18.4 Å². The van der Waals surface area contributed by atoms with Crippen molar-refractivity contribution in [1.82, 2.24) is 5.32 Å². The molecule has 0 radical (unpaired) electrons. The summed E-state index contributed by atoms with van der Waals surface area (Å²) < 4.78 is 23.4. The van der Waals surface area contributed by atoms with E-state index in [2.05, 4.69) is 5.32 Å². The molecule has 2 aromatic rings. The molecule has 0 aliphatic heterocycles. The molecule has 0 bridgehead atoms. The van der Waals surface area contributed by atoms with E-state index in [9.17, 15) is 18.8 Å². The van der Waals surface area contributed by atoms with Crippen molar-refractivity contribution in [2.75, 3.05) is 20.3 Å². The molecule has 0 saturated heterocycles. The molecular formula is C21H22FNO5. The molecule has 148 valence electrons. The van der Waals surface area contributed by atoms with Crippen LogP contribution in [0.15, 0.2) is 42.5 Å². The smallest absolute Gasteiger partial charge is 0.338 e. The Morgan fingerprint density at radius 3 is 2.32 bits per heavy atom. The lowest BCUT2D eigenvalue weighted by molar-refractivity contribution is -0.118. The van der Waals surface area contributed by atoms with Gasteiger partial charge in [0.1, 0.15) is 0 Å². The standard InChI is InChI=1S/C21H22FNO5/c1-14(24)23-11-3-4-15-5-7-16(8-6-15)19(25)13-28-21(26)17-9-10-20(27-2)18(22)12-17/h5-10,12H,3-4,11,13H2,1-2H3,(H,23,24). The van der Waals surface area contributed by atoms with Crippen LogP contribution < -0.4 is 10.1 Å². The van der Waals surface area contributed by atoms with Crippen molar-refractivity contribution >= 4 is 17.7 Å². The summed E-state index contributed by atoms with van der Waals surface area (Å²) >= 11 is 0. The van der Waals surface area contributed by atoms with Crippen LogP contribution in [0.5, 0.6) is 5.75 Å². The number of nitrogens with one attached hydrogen (secondary N) is 1. The zero-order valence-electron chi connectivity index (χ0n) is 15.8. The summed E-state index contributed by atoms with van der Waals surface area (Å²) in [5.41, 5.74) is 1.45. The summed E-state index contributed by atoms with van der Waals surface area (Å²) in [5.74, 6) is -1.87. The van der Waals surface area contributed by atoms with Crippen LogP contribution in [0, 0.1) is 5.82 Å². The maximum Gasteiger partial charge on any atom is 0.338 e. The molecule has 0 fully saturated rings. The fourth-order valence-electron chi connectivity index (χ4n) is 2.51.